The molecule has 0 N–H and O–H groups in total. The lowest BCUT2D eigenvalue weighted by Gasteiger charge is -2.22. The molecule has 0 amide bonds. The summed E-state index contributed by atoms with van der Waals surface area (Å²) in [5, 5.41) is 0. The van der Waals surface area contributed by atoms with E-state index in [1.54, 1.807) is 12.1 Å². The van der Waals surface area contributed by atoms with Crippen molar-refractivity contribution in [3.05, 3.63) is 132 Å². The van der Waals surface area contributed by atoms with E-state index in [2.05, 4.69) is 134 Å². The molecule has 288 valence electrons. The van der Waals surface area contributed by atoms with Crippen molar-refractivity contribution in [2.45, 2.75) is 94.2 Å². The molecule has 0 bridgehead atoms. The largest absolute Gasteiger partial charge is 0.417 e. The van der Waals surface area contributed by atoms with Crippen LogP contribution in [0.5, 0.6) is 0 Å². The number of nitrogens with zero attached hydrogens (tertiary/aromatic N) is 2. The fourth-order valence-electron chi connectivity index (χ4n) is 10.9. The topological polar surface area (TPSA) is 7.76 Å². The molecule has 5 aromatic rings. The van der Waals surface area contributed by atoms with Gasteiger partial charge in [0, 0.05) is 23.8 Å². The van der Waals surface area contributed by atoms with Crippen molar-refractivity contribution >= 4 is 0 Å². The number of fused-ring (bicyclic) bond motifs is 10. The van der Waals surface area contributed by atoms with Crippen LogP contribution in [0, 0.1) is 64.9 Å². The molecule has 2 aliphatic carbocycles. The first-order chi connectivity index (χ1) is 26.3. The minimum Gasteiger partial charge on any atom is -0.207 e. The maximum absolute atomic E-state index is 15.0. The highest BCUT2D eigenvalue weighted by Crippen LogP contribution is 2.51. The average molecular weight is 741 g/mol. The van der Waals surface area contributed by atoms with Gasteiger partial charge < -0.3 is 0 Å². The van der Waals surface area contributed by atoms with Crippen LogP contribution in [0.15, 0.2) is 103 Å². The standard InChI is InChI=1S/C38H34F2N2.C10H20.C3H8/c1-22-23(2)25(4)37(24(22)3)27-10-8-26(9-11-27)28-12-17-36-32-16-14-30(40)20-34(32)38(42(36)21-28)33-19-29(39)13-15-31(33)35-7-5-6-18-41(35)38;1-6-7(2)9(4)10(5)8(6)3;1-3-2/h5-25,37H,1-4H3;6-10H,1-5H3;3H2,1-2H3/q+2;;. The summed E-state index contributed by atoms with van der Waals surface area (Å²) in [5.74, 6) is 7.34. The van der Waals surface area contributed by atoms with E-state index in [9.17, 15) is 8.78 Å². The molecule has 5 unspecified atom stereocenters. The molecule has 4 aliphatic rings. The van der Waals surface area contributed by atoms with Crippen LogP contribution in [0.2, 0.25) is 0 Å². The predicted molar refractivity (Wildman–Crippen MR) is 222 cm³/mol. The summed E-state index contributed by atoms with van der Waals surface area (Å²) in [6, 6.07) is 29.4. The van der Waals surface area contributed by atoms with Crippen LogP contribution in [0.25, 0.3) is 33.6 Å². The van der Waals surface area contributed by atoms with Crippen LogP contribution >= 0.6 is 0 Å². The van der Waals surface area contributed by atoms with Crippen LogP contribution in [0.3, 0.4) is 0 Å². The second-order valence-corrected chi connectivity index (χ2v) is 17.8. The average Bonchev–Trinajstić information content (AvgIpc) is 3.77. The zero-order chi connectivity index (χ0) is 39.5. The van der Waals surface area contributed by atoms with Gasteiger partial charge in [-0.25, -0.2) is 8.78 Å². The normalized spacial score (nSPS) is 30.8. The van der Waals surface area contributed by atoms with Gasteiger partial charge in [0.1, 0.15) is 22.8 Å². The van der Waals surface area contributed by atoms with Gasteiger partial charge in [0.05, 0.1) is 11.1 Å². The second-order valence-electron chi connectivity index (χ2n) is 17.8. The Morgan fingerprint density at radius 3 is 1.42 bits per heavy atom. The predicted octanol–water partition coefficient (Wildman–Crippen LogP) is 12.7. The summed E-state index contributed by atoms with van der Waals surface area (Å²) in [4.78, 5) is 0. The zero-order valence-electron chi connectivity index (χ0n) is 34.9. The fraction of sp³-hybridized carbons (Fsp3) is 0.451. The first kappa shape index (κ1) is 39.1. The Morgan fingerprint density at radius 2 is 0.927 bits per heavy atom. The summed E-state index contributed by atoms with van der Waals surface area (Å²) in [6.45, 7) is 25.8. The van der Waals surface area contributed by atoms with Gasteiger partial charge in [0.15, 0.2) is 12.4 Å². The molecule has 1 spiro atoms. The van der Waals surface area contributed by atoms with E-state index in [-0.39, 0.29) is 11.6 Å². The minimum absolute atomic E-state index is 0.306. The highest BCUT2D eigenvalue weighted by molar-refractivity contribution is 5.74. The highest BCUT2D eigenvalue weighted by Gasteiger charge is 2.66. The van der Waals surface area contributed by atoms with Crippen LogP contribution in [0.1, 0.15) is 105 Å². The molecule has 0 saturated heterocycles. The lowest BCUT2D eigenvalue weighted by molar-refractivity contribution is -0.955. The van der Waals surface area contributed by atoms with Crippen molar-refractivity contribution in [1.29, 1.82) is 0 Å². The van der Waals surface area contributed by atoms with E-state index >= 15 is 0 Å². The molecule has 55 heavy (non-hydrogen) atoms. The monoisotopic (exact) mass is 740 g/mol. The quantitative estimate of drug-likeness (QED) is 0.156. The Kier molecular flexibility index (Phi) is 10.7. The SMILES string of the molecule is CC1C(C)C(C)C(C)C1C.CC1C(C)C(C)C(c2ccc(-c3ccc4[n+](c3)C3(c5cc(F)ccc5-c5cccc[n+]53)c3cc(F)ccc3-4)cc2)C1C.CCC. The third-order valence-electron chi connectivity index (χ3n) is 15.2. The van der Waals surface area contributed by atoms with E-state index in [0.29, 0.717) is 29.6 Å². The van der Waals surface area contributed by atoms with Gasteiger partial charge >= 0.3 is 5.66 Å². The van der Waals surface area contributed by atoms with Crippen molar-refractivity contribution in [1.82, 2.24) is 0 Å². The molecule has 2 nitrogen and oxygen atoms in total. The molecule has 5 atom stereocenters. The number of halogens is 2. The Morgan fingerprint density at radius 1 is 0.491 bits per heavy atom. The number of aromatic nitrogens is 2. The van der Waals surface area contributed by atoms with E-state index in [1.165, 1.54) is 24.1 Å². The molecule has 2 aliphatic heterocycles. The summed E-state index contributed by atoms with van der Waals surface area (Å²) >= 11 is 0. The minimum atomic E-state index is -0.947. The van der Waals surface area contributed by atoms with Crippen molar-refractivity contribution < 1.29 is 17.9 Å². The van der Waals surface area contributed by atoms with Gasteiger partial charge in [-0.2, -0.15) is 0 Å². The van der Waals surface area contributed by atoms with Gasteiger partial charge in [-0.3, -0.25) is 0 Å². The van der Waals surface area contributed by atoms with E-state index in [4.69, 9.17) is 0 Å². The molecule has 3 aromatic carbocycles. The summed E-state index contributed by atoms with van der Waals surface area (Å²) in [6.07, 6.45) is 5.44. The van der Waals surface area contributed by atoms with Crippen molar-refractivity contribution in [2.75, 3.05) is 0 Å². The summed E-state index contributed by atoms with van der Waals surface area (Å²) in [5.41, 5.74) is 8.12. The third kappa shape index (κ3) is 6.18. The van der Waals surface area contributed by atoms with Gasteiger partial charge in [-0.05, 0) is 119 Å². The number of pyridine rings is 2. The Bertz CT molecular complexity index is 2100. The number of hydrogen-bond acceptors (Lipinski definition) is 0. The Labute approximate surface area is 329 Å². The van der Waals surface area contributed by atoms with Gasteiger partial charge in [-0.15, -0.1) is 9.13 Å². The van der Waals surface area contributed by atoms with Crippen molar-refractivity contribution in [3.63, 3.8) is 0 Å². The first-order valence-electron chi connectivity index (χ1n) is 21.1. The van der Waals surface area contributed by atoms with Crippen LogP contribution in [-0.2, 0) is 5.66 Å². The molecule has 2 aromatic heterocycles. The maximum Gasteiger partial charge on any atom is 0.417 e. The first-order valence-corrected chi connectivity index (χ1v) is 21.1. The molecule has 9 rings (SSSR count). The number of rotatable bonds is 2. The van der Waals surface area contributed by atoms with Gasteiger partial charge in [-0.1, -0.05) is 107 Å². The van der Waals surface area contributed by atoms with E-state index in [0.717, 1.165) is 74.4 Å². The zero-order valence-corrected chi connectivity index (χ0v) is 34.9. The summed E-state index contributed by atoms with van der Waals surface area (Å²) in [7, 11) is 0. The van der Waals surface area contributed by atoms with E-state index in [1.807, 2.05) is 30.5 Å². The molecule has 2 saturated carbocycles. The van der Waals surface area contributed by atoms with Crippen LogP contribution in [0.4, 0.5) is 8.78 Å². The molecular formula is C51H62F2N2+2. The van der Waals surface area contributed by atoms with Crippen molar-refractivity contribution in [3.8, 4) is 33.6 Å². The molecule has 4 heteroatoms. The molecular weight excluding hydrogens is 679 g/mol. The number of hydrogen-bond donors (Lipinski definition) is 0. The van der Waals surface area contributed by atoms with Crippen LogP contribution in [-0.4, -0.2) is 0 Å². The summed E-state index contributed by atoms with van der Waals surface area (Å²) < 4.78 is 34.3. The molecule has 0 radical (unpaired) electrons. The maximum atomic E-state index is 15.0. The van der Waals surface area contributed by atoms with Crippen LogP contribution < -0.4 is 9.13 Å². The van der Waals surface area contributed by atoms with E-state index < -0.39 is 5.66 Å². The van der Waals surface area contributed by atoms with Gasteiger partial charge in [0.2, 0.25) is 11.4 Å². The van der Waals surface area contributed by atoms with Gasteiger partial charge in [0.25, 0.3) is 0 Å². The fourth-order valence-corrected chi connectivity index (χ4v) is 10.9. The second kappa shape index (κ2) is 15.1. The Hall–Kier alpha value is -4.18. The molecule has 2 fully saturated rings. The lowest BCUT2D eigenvalue weighted by Crippen LogP contribution is -2.71. The molecule has 4 heterocycles. The lowest BCUT2D eigenvalue weighted by atomic mass is 9.83. The van der Waals surface area contributed by atoms with Crippen molar-refractivity contribution in [2.24, 2.45) is 53.3 Å². The number of benzene rings is 3. The smallest absolute Gasteiger partial charge is 0.207 e. The third-order valence-corrected chi connectivity index (χ3v) is 15.2. The highest BCUT2D eigenvalue weighted by atomic mass is 19.1. The Balaban J connectivity index is 0.000000307.